The molecular formula is C10H18O4. The summed E-state index contributed by atoms with van der Waals surface area (Å²) in [6.45, 7) is 2.06. The SMILES string of the molecule is CCCCC[C@H](CC(=O)O)C(=O)OC. The Morgan fingerprint density at radius 1 is 1.36 bits per heavy atom. The van der Waals surface area contributed by atoms with E-state index in [9.17, 15) is 9.59 Å². The Balaban J connectivity index is 3.97. The predicted molar refractivity (Wildman–Crippen MR) is 51.9 cm³/mol. The summed E-state index contributed by atoms with van der Waals surface area (Å²) in [5.41, 5.74) is 0. The number of carboxylic acids is 1. The van der Waals surface area contributed by atoms with Crippen LogP contribution in [-0.2, 0) is 14.3 Å². The fourth-order valence-corrected chi connectivity index (χ4v) is 1.32. The van der Waals surface area contributed by atoms with E-state index in [1.54, 1.807) is 0 Å². The molecule has 4 heteroatoms. The second-order valence-electron chi connectivity index (χ2n) is 3.31. The molecule has 0 aliphatic heterocycles. The number of esters is 1. The lowest BCUT2D eigenvalue weighted by molar-refractivity contribution is -0.151. The van der Waals surface area contributed by atoms with Gasteiger partial charge in [-0.05, 0) is 6.42 Å². The van der Waals surface area contributed by atoms with E-state index >= 15 is 0 Å². The van der Waals surface area contributed by atoms with Gasteiger partial charge in [-0.15, -0.1) is 0 Å². The zero-order chi connectivity index (χ0) is 11.0. The van der Waals surface area contributed by atoms with Gasteiger partial charge < -0.3 is 9.84 Å². The number of carbonyl (C=O) groups is 2. The van der Waals surface area contributed by atoms with Gasteiger partial charge in [0.2, 0.25) is 0 Å². The molecule has 0 heterocycles. The van der Waals surface area contributed by atoms with Gasteiger partial charge in [-0.2, -0.15) is 0 Å². The minimum absolute atomic E-state index is 0.129. The first-order valence-corrected chi connectivity index (χ1v) is 4.91. The summed E-state index contributed by atoms with van der Waals surface area (Å²) in [7, 11) is 1.29. The van der Waals surface area contributed by atoms with Crippen LogP contribution in [-0.4, -0.2) is 24.2 Å². The summed E-state index contributed by atoms with van der Waals surface area (Å²) in [5, 5.41) is 8.58. The van der Waals surface area contributed by atoms with Crippen LogP contribution < -0.4 is 0 Å². The van der Waals surface area contributed by atoms with Crippen molar-refractivity contribution in [2.45, 2.75) is 39.0 Å². The standard InChI is InChI=1S/C10H18O4/c1-3-4-5-6-8(7-9(11)12)10(13)14-2/h8H,3-7H2,1-2H3,(H,11,12)/t8-/m1/s1. The van der Waals surface area contributed by atoms with Crippen molar-refractivity contribution in [1.82, 2.24) is 0 Å². The van der Waals surface area contributed by atoms with E-state index in [2.05, 4.69) is 11.7 Å². The molecule has 0 aliphatic rings. The lowest BCUT2D eigenvalue weighted by Crippen LogP contribution is -2.19. The predicted octanol–water partition coefficient (Wildman–Crippen LogP) is 1.83. The average Bonchev–Trinajstić information content (AvgIpc) is 2.15. The van der Waals surface area contributed by atoms with E-state index in [1.807, 2.05) is 0 Å². The molecule has 0 aromatic rings. The number of carboxylic acid groups (broad SMARTS) is 1. The second kappa shape index (κ2) is 7.35. The quantitative estimate of drug-likeness (QED) is 0.505. The van der Waals surface area contributed by atoms with Crippen molar-refractivity contribution in [1.29, 1.82) is 0 Å². The fourth-order valence-electron chi connectivity index (χ4n) is 1.32. The molecule has 0 bridgehead atoms. The van der Waals surface area contributed by atoms with Gasteiger partial charge in [0.25, 0.3) is 0 Å². The summed E-state index contributed by atoms with van der Waals surface area (Å²) < 4.78 is 4.54. The Morgan fingerprint density at radius 2 is 2.00 bits per heavy atom. The van der Waals surface area contributed by atoms with Crippen LogP contribution in [0.1, 0.15) is 39.0 Å². The summed E-state index contributed by atoms with van der Waals surface area (Å²) in [4.78, 5) is 21.6. The fraction of sp³-hybridized carbons (Fsp3) is 0.800. The van der Waals surface area contributed by atoms with Gasteiger partial charge in [-0.1, -0.05) is 26.2 Å². The third-order valence-electron chi connectivity index (χ3n) is 2.11. The topological polar surface area (TPSA) is 63.6 Å². The number of carbonyl (C=O) groups excluding carboxylic acids is 1. The number of hydrogen-bond acceptors (Lipinski definition) is 3. The molecular weight excluding hydrogens is 184 g/mol. The molecule has 0 radical (unpaired) electrons. The molecule has 0 amide bonds. The van der Waals surface area contributed by atoms with Crippen LogP contribution in [0.25, 0.3) is 0 Å². The molecule has 0 aromatic heterocycles. The van der Waals surface area contributed by atoms with Crippen molar-refractivity contribution in [3.8, 4) is 0 Å². The smallest absolute Gasteiger partial charge is 0.309 e. The molecule has 82 valence electrons. The van der Waals surface area contributed by atoms with Crippen LogP contribution in [0.2, 0.25) is 0 Å². The van der Waals surface area contributed by atoms with Gasteiger partial charge in [-0.3, -0.25) is 9.59 Å². The van der Waals surface area contributed by atoms with Crippen LogP contribution in [0.4, 0.5) is 0 Å². The van der Waals surface area contributed by atoms with E-state index in [1.165, 1.54) is 7.11 Å². The molecule has 0 unspecified atom stereocenters. The summed E-state index contributed by atoms with van der Waals surface area (Å²) >= 11 is 0. The molecule has 0 aliphatic carbocycles. The summed E-state index contributed by atoms with van der Waals surface area (Å²) in [6, 6.07) is 0. The maximum absolute atomic E-state index is 11.2. The van der Waals surface area contributed by atoms with E-state index < -0.39 is 17.9 Å². The van der Waals surface area contributed by atoms with Crippen LogP contribution in [0.5, 0.6) is 0 Å². The first-order chi connectivity index (χ1) is 6.61. The molecule has 0 spiro atoms. The van der Waals surface area contributed by atoms with E-state index in [0.29, 0.717) is 6.42 Å². The molecule has 14 heavy (non-hydrogen) atoms. The molecule has 0 rings (SSSR count). The zero-order valence-corrected chi connectivity index (χ0v) is 8.78. The maximum atomic E-state index is 11.2. The summed E-state index contributed by atoms with van der Waals surface area (Å²) in [5.74, 6) is -1.84. The first-order valence-electron chi connectivity index (χ1n) is 4.91. The molecule has 0 saturated carbocycles. The molecule has 4 nitrogen and oxygen atoms in total. The molecule has 0 saturated heterocycles. The Kier molecular flexibility index (Phi) is 6.80. The van der Waals surface area contributed by atoms with Gasteiger partial charge in [0.1, 0.15) is 0 Å². The van der Waals surface area contributed by atoms with E-state index in [0.717, 1.165) is 19.3 Å². The number of aliphatic carboxylic acids is 1. The highest BCUT2D eigenvalue weighted by molar-refractivity contribution is 5.78. The number of ether oxygens (including phenoxy) is 1. The monoisotopic (exact) mass is 202 g/mol. The lowest BCUT2D eigenvalue weighted by atomic mass is 9.98. The van der Waals surface area contributed by atoms with Gasteiger partial charge >= 0.3 is 11.9 Å². The first kappa shape index (κ1) is 12.9. The van der Waals surface area contributed by atoms with Crippen molar-refractivity contribution in [3.05, 3.63) is 0 Å². The van der Waals surface area contributed by atoms with E-state index in [4.69, 9.17) is 5.11 Å². The van der Waals surface area contributed by atoms with Crippen molar-refractivity contribution in [2.24, 2.45) is 5.92 Å². The minimum Gasteiger partial charge on any atom is -0.481 e. The van der Waals surface area contributed by atoms with Crippen molar-refractivity contribution in [3.63, 3.8) is 0 Å². The molecule has 1 atom stereocenters. The lowest BCUT2D eigenvalue weighted by Gasteiger charge is -2.11. The normalized spacial score (nSPS) is 12.1. The second-order valence-corrected chi connectivity index (χ2v) is 3.31. The van der Waals surface area contributed by atoms with Gasteiger partial charge in [0.15, 0.2) is 0 Å². The van der Waals surface area contributed by atoms with Crippen LogP contribution in [0, 0.1) is 5.92 Å². The number of hydrogen-bond donors (Lipinski definition) is 1. The number of methoxy groups -OCH3 is 1. The van der Waals surface area contributed by atoms with Gasteiger partial charge in [0, 0.05) is 0 Å². The van der Waals surface area contributed by atoms with Crippen molar-refractivity contribution >= 4 is 11.9 Å². The molecule has 0 fully saturated rings. The average molecular weight is 202 g/mol. The number of rotatable bonds is 7. The van der Waals surface area contributed by atoms with E-state index in [-0.39, 0.29) is 6.42 Å². The van der Waals surface area contributed by atoms with Crippen molar-refractivity contribution in [2.75, 3.05) is 7.11 Å². The van der Waals surface area contributed by atoms with Gasteiger partial charge in [-0.25, -0.2) is 0 Å². The van der Waals surface area contributed by atoms with Crippen LogP contribution in [0.15, 0.2) is 0 Å². The molecule has 1 N–H and O–H groups in total. The molecule has 0 aromatic carbocycles. The number of unbranched alkanes of at least 4 members (excludes halogenated alkanes) is 2. The minimum atomic E-state index is -0.947. The summed E-state index contributed by atoms with van der Waals surface area (Å²) in [6.07, 6.45) is 3.43. The Bertz CT molecular complexity index is 189. The van der Waals surface area contributed by atoms with Crippen LogP contribution in [0.3, 0.4) is 0 Å². The largest absolute Gasteiger partial charge is 0.481 e. The Labute approximate surface area is 84.3 Å². The highest BCUT2D eigenvalue weighted by atomic mass is 16.5. The Morgan fingerprint density at radius 3 is 2.43 bits per heavy atom. The Hall–Kier alpha value is -1.06. The highest BCUT2D eigenvalue weighted by Gasteiger charge is 2.21. The highest BCUT2D eigenvalue weighted by Crippen LogP contribution is 2.15. The van der Waals surface area contributed by atoms with Gasteiger partial charge in [0.05, 0.1) is 19.4 Å². The zero-order valence-electron chi connectivity index (χ0n) is 8.78. The maximum Gasteiger partial charge on any atom is 0.309 e. The third-order valence-corrected chi connectivity index (χ3v) is 2.11. The van der Waals surface area contributed by atoms with Crippen LogP contribution >= 0.6 is 0 Å². The third kappa shape index (κ3) is 5.56. The van der Waals surface area contributed by atoms with Crippen molar-refractivity contribution < 1.29 is 19.4 Å².